The number of rotatable bonds is 7. The predicted octanol–water partition coefficient (Wildman–Crippen LogP) is 2.91. The highest BCUT2D eigenvalue weighted by atomic mass is 16.2. The Bertz CT molecular complexity index is 620. The molecule has 2 aliphatic rings. The van der Waals surface area contributed by atoms with Gasteiger partial charge in [-0.15, -0.1) is 0 Å². The molecule has 2 fully saturated rings. The SMILES string of the molecule is CCCc1cc(CN(C)C(=O)[C@@H]2CCCN(C3CCN(C(C)C)CC3)C2)[nH]n1. The van der Waals surface area contributed by atoms with E-state index < -0.39 is 0 Å². The van der Waals surface area contributed by atoms with Gasteiger partial charge < -0.3 is 9.80 Å². The van der Waals surface area contributed by atoms with Gasteiger partial charge in [-0.1, -0.05) is 13.3 Å². The van der Waals surface area contributed by atoms with Crippen molar-refractivity contribution in [3.05, 3.63) is 17.5 Å². The van der Waals surface area contributed by atoms with E-state index in [-0.39, 0.29) is 11.8 Å². The van der Waals surface area contributed by atoms with E-state index in [1.807, 2.05) is 11.9 Å². The van der Waals surface area contributed by atoms with Gasteiger partial charge in [-0.2, -0.15) is 5.10 Å². The van der Waals surface area contributed by atoms with Crippen molar-refractivity contribution in [2.24, 2.45) is 5.92 Å². The van der Waals surface area contributed by atoms with Crippen LogP contribution in [-0.4, -0.2) is 76.1 Å². The Morgan fingerprint density at radius 1 is 1.29 bits per heavy atom. The smallest absolute Gasteiger partial charge is 0.227 e. The van der Waals surface area contributed by atoms with Crippen molar-refractivity contribution in [3.63, 3.8) is 0 Å². The van der Waals surface area contributed by atoms with Gasteiger partial charge in [0.25, 0.3) is 0 Å². The molecule has 6 heteroatoms. The molecule has 2 aliphatic heterocycles. The van der Waals surface area contributed by atoms with Gasteiger partial charge in [-0.25, -0.2) is 0 Å². The van der Waals surface area contributed by atoms with Crippen molar-refractivity contribution in [1.82, 2.24) is 24.9 Å². The molecule has 0 bridgehead atoms. The normalized spacial score (nSPS) is 22.7. The maximum atomic E-state index is 13.1. The number of carbonyl (C=O) groups excluding carboxylic acids is 1. The average Bonchev–Trinajstić information content (AvgIpc) is 3.14. The van der Waals surface area contributed by atoms with Crippen LogP contribution in [0.1, 0.15) is 64.3 Å². The second-order valence-electron chi connectivity index (χ2n) is 9.02. The van der Waals surface area contributed by atoms with Gasteiger partial charge >= 0.3 is 0 Å². The Hall–Kier alpha value is -1.40. The quantitative estimate of drug-likeness (QED) is 0.779. The van der Waals surface area contributed by atoms with Crippen molar-refractivity contribution in [3.8, 4) is 0 Å². The van der Waals surface area contributed by atoms with Crippen LogP contribution in [0.15, 0.2) is 6.07 Å². The predicted molar refractivity (Wildman–Crippen MR) is 113 cm³/mol. The molecule has 0 aliphatic carbocycles. The van der Waals surface area contributed by atoms with Crippen LogP contribution in [-0.2, 0) is 17.8 Å². The Kier molecular flexibility index (Phi) is 7.52. The summed E-state index contributed by atoms with van der Waals surface area (Å²) in [6.45, 7) is 11.8. The lowest BCUT2D eigenvalue weighted by Gasteiger charge is -2.43. The minimum atomic E-state index is 0.139. The lowest BCUT2D eigenvalue weighted by atomic mass is 9.92. The van der Waals surface area contributed by atoms with Crippen LogP contribution in [0.25, 0.3) is 0 Å². The van der Waals surface area contributed by atoms with Crippen molar-refractivity contribution >= 4 is 5.91 Å². The van der Waals surface area contributed by atoms with E-state index in [2.05, 4.69) is 46.8 Å². The molecule has 0 aromatic carbocycles. The fraction of sp³-hybridized carbons (Fsp3) is 0.818. The molecular formula is C22H39N5O. The van der Waals surface area contributed by atoms with E-state index in [1.54, 1.807) is 0 Å². The number of aromatic amines is 1. The summed E-state index contributed by atoms with van der Waals surface area (Å²) >= 11 is 0. The average molecular weight is 390 g/mol. The van der Waals surface area contributed by atoms with Gasteiger partial charge in [-0.3, -0.25) is 14.8 Å². The molecule has 3 heterocycles. The van der Waals surface area contributed by atoms with Crippen molar-refractivity contribution in [1.29, 1.82) is 0 Å². The third-order valence-corrected chi connectivity index (χ3v) is 6.52. The third-order valence-electron chi connectivity index (χ3n) is 6.52. The highest BCUT2D eigenvalue weighted by Gasteiger charge is 2.33. The van der Waals surface area contributed by atoms with E-state index >= 15 is 0 Å². The third kappa shape index (κ3) is 5.35. The highest BCUT2D eigenvalue weighted by molar-refractivity contribution is 5.78. The Morgan fingerprint density at radius 3 is 2.71 bits per heavy atom. The molecule has 3 rings (SSSR count). The summed E-state index contributed by atoms with van der Waals surface area (Å²) in [4.78, 5) is 20.1. The van der Waals surface area contributed by atoms with Crippen LogP contribution < -0.4 is 0 Å². The summed E-state index contributed by atoms with van der Waals surface area (Å²) < 4.78 is 0. The molecule has 158 valence electrons. The second kappa shape index (κ2) is 9.88. The number of aromatic nitrogens is 2. The number of piperidine rings is 2. The lowest BCUT2D eigenvalue weighted by Crippen LogP contribution is -2.51. The minimum absolute atomic E-state index is 0.139. The first-order valence-corrected chi connectivity index (χ1v) is 11.2. The van der Waals surface area contributed by atoms with Gasteiger partial charge in [0.2, 0.25) is 5.91 Å². The van der Waals surface area contributed by atoms with E-state index in [0.717, 1.165) is 50.2 Å². The first-order chi connectivity index (χ1) is 13.5. The van der Waals surface area contributed by atoms with Gasteiger partial charge in [0.05, 0.1) is 23.9 Å². The highest BCUT2D eigenvalue weighted by Crippen LogP contribution is 2.25. The fourth-order valence-electron chi connectivity index (χ4n) is 4.83. The zero-order chi connectivity index (χ0) is 20.1. The molecule has 1 amide bonds. The summed E-state index contributed by atoms with van der Waals surface area (Å²) in [7, 11) is 1.93. The van der Waals surface area contributed by atoms with Crippen molar-refractivity contribution < 1.29 is 4.79 Å². The van der Waals surface area contributed by atoms with Crippen LogP contribution in [0.4, 0.5) is 0 Å². The number of likely N-dealkylation sites (tertiary alicyclic amines) is 2. The van der Waals surface area contributed by atoms with Gasteiger partial charge in [0.15, 0.2) is 0 Å². The summed E-state index contributed by atoms with van der Waals surface area (Å²) in [5.74, 6) is 0.427. The molecule has 1 aromatic heterocycles. The van der Waals surface area contributed by atoms with Crippen molar-refractivity contribution in [2.45, 2.75) is 77.9 Å². The van der Waals surface area contributed by atoms with E-state index in [0.29, 0.717) is 18.6 Å². The Labute approximate surface area is 170 Å². The topological polar surface area (TPSA) is 55.5 Å². The van der Waals surface area contributed by atoms with Gasteiger partial charge in [0.1, 0.15) is 0 Å². The van der Waals surface area contributed by atoms with Crippen molar-refractivity contribution in [2.75, 3.05) is 33.2 Å². The molecule has 6 nitrogen and oxygen atoms in total. The minimum Gasteiger partial charge on any atom is -0.340 e. The zero-order valence-corrected chi connectivity index (χ0v) is 18.3. The summed E-state index contributed by atoms with van der Waals surface area (Å²) in [6.07, 6.45) is 6.72. The molecule has 1 aromatic rings. The Morgan fingerprint density at radius 2 is 2.04 bits per heavy atom. The first-order valence-electron chi connectivity index (χ1n) is 11.2. The molecule has 0 spiro atoms. The number of aryl methyl sites for hydroxylation is 1. The van der Waals surface area contributed by atoms with E-state index in [1.165, 1.54) is 25.9 Å². The molecular weight excluding hydrogens is 350 g/mol. The first kappa shape index (κ1) is 21.3. The number of amides is 1. The number of hydrogen-bond acceptors (Lipinski definition) is 4. The number of hydrogen-bond donors (Lipinski definition) is 1. The number of nitrogens with one attached hydrogen (secondary N) is 1. The number of H-pyrrole nitrogens is 1. The molecule has 1 N–H and O–H groups in total. The molecule has 1 atom stereocenters. The second-order valence-corrected chi connectivity index (χ2v) is 9.02. The maximum absolute atomic E-state index is 13.1. The molecule has 0 unspecified atom stereocenters. The summed E-state index contributed by atoms with van der Waals surface area (Å²) in [5.41, 5.74) is 2.13. The van der Waals surface area contributed by atoms with E-state index in [9.17, 15) is 4.79 Å². The van der Waals surface area contributed by atoms with Gasteiger partial charge in [-0.05, 0) is 71.7 Å². The summed E-state index contributed by atoms with van der Waals surface area (Å²) in [6, 6.07) is 3.40. The molecule has 2 saturated heterocycles. The van der Waals surface area contributed by atoms with Crippen LogP contribution in [0, 0.1) is 5.92 Å². The maximum Gasteiger partial charge on any atom is 0.227 e. The standard InChI is InChI=1S/C22H39N5O/c1-5-7-19-14-20(24-23-19)16-25(4)22(28)18-8-6-11-27(15-18)21-9-12-26(13-10-21)17(2)3/h14,17-18,21H,5-13,15-16H2,1-4H3,(H,23,24)/t18-/m1/s1. The molecule has 0 radical (unpaired) electrons. The number of nitrogens with zero attached hydrogens (tertiary/aromatic N) is 4. The van der Waals surface area contributed by atoms with Gasteiger partial charge in [0, 0.05) is 25.7 Å². The largest absolute Gasteiger partial charge is 0.340 e. The molecule has 28 heavy (non-hydrogen) atoms. The van der Waals surface area contributed by atoms with E-state index in [4.69, 9.17) is 0 Å². The monoisotopic (exact) mass is 389 g/mol. The van der Waals surface area contributed by atoms with Crippen LogP contribution in [0.5, 0.6) is 0 Å². The summed E-state index contributed by atoms with van der Waals surface area (Å²) in [5, 5.41) is 7.44. The zero-order valence-electron chi connectivity index (χ0n) is 18.3. The lowest BCUT2D eigenvalue weighted by molar-refractivity contribution is -0.137. The van der Waals surface area contributed by atoms with Crippen LogP contribution in [0.3, 0.4) is 0 Å². The van der Waals surface area contributed by atoms with Crippen LogP contribution in [0.2, 0.25) is 0 Å². The fourth-order valence-corrected chi connectivity index (χ4v) is 4.83. The van der Waals surface area contributed by atoms with Crippen LogP contribution >= 0.6 is 0 Å². The number of carbonyl (C=O) groups is 1. The Balaban J connectivity index is 1.50. The molecule has 0 saturated carbocycles.